The number of likely N-dealkylation sites (tertiary alicyclic amines) is 1. The molecule has 1 fully saturated rings. The van der Waals surface area contributed by atoms with E-state index < -0.39 is 0 Å². The zero-order valence-corrected chi connectivity index (χ0v) is 13.2. The van der Waals surface area contributed by atoms with E-state index >= 15 is 0 Å². The predicted molar refractivity (Wildman–Crippen MR) is 88.0 cm³/mol. The van der Waals surface area contributed by atoms with Crippen molar-refractivity contribution in [2.45, 2.75) is 19.3 Å². The van der Waals surface area contributed by atoms with Gasteiger partial charge in [-0.3, -0.25) is 4.79 Å². The molecule has 1 aliphatic rings. The van der Waals surface area contributed by atoms with Crippen molar-refractivity contribution in [1.82, 2.24) is 9.88 Å². The third kappa shape index (κ3) is 3.66. The van der Waals surface area contributed by atoms with Crippen molar-refractivity contribution in [2.75, 3.05) is 13.1 Å². The Kier molecular flexibility index (Phi) is 4.74. The molecule has 0 unspecified atom stereocenters. The summed E-state index contributed by atoms with van der Waals surface area (Å²) in [5.41, 5.74) is 2.01. The number of carbonyl (C=O) groups excluding carboxylic acids is 1. The highest BCUT2D eigenvalue weighted by Crippen LogP contribution is 2.23. The van der Waals surface area contributed by atoms with Crippen LogP contribution < -0.4 is 0 Å². The van der Waals surface area contributed by atoms with Crippen molar-refractivity contribution >= 4 is 17.5 Å². The fourth-order valence-corrected chi connectivity index (χ4v) is 3.18. The number of halogens is 1. The van der Waals surface area contributed by atoms with E-state index in [1.54, 1.807) is 18.3 Å². The number of aromatic nitrogens is 1. The molecule has 3 nitrogen and oxygen atoms in total. The molecule has 1 aliphatic heterocycles. The summed E-state index contributed by atoms with van der Waals surface area (Å²) in [7, 11) is 0. The zero-order chi connectivity index (χ0) is 15.4. The van der Waals surface area contributed by atoms with Gasteiger partial charge in [-0.2, -0.15) is 0 Å². The Hall–Kier alpha value is -1.87. The molecule has 1 saturated heterocycles. The number of benzene rings is 1. The van der Waals surface area contributed by atoms with Gasteiger partial charge in [0.15, 0.2) is 0 Å². The van der Waals surface area contributed by atoms with E-state index in [1.807, 2.05) is 11.0 Å². The molecule has 1 amide bonds. The minimum Gasteiger partial charge on any atom is -0.339 e. The summed E-state index contributed by atoms with van der Waals surface area (Å²) in [4.78, 5) is 18.3. The summed E-state index contributed by atoms with van der Waals surface area (Å²) < 4.78 is 0. The minimum absolute atomic E-state index is 0.0578. The number of piperidine rings is 1. The number of hydrogen-bond acceptors (Lipinski definition) is 2. The Morgan fingerprint density at radius 2 is 1.91 bits per heavy atom. The molecular weight excluding hydrogens is 296 g/mol. The van der Waals surface area contributed by atoms with E-state index in [4.69, 9.17) is 11.6 Å². The summed E-state index contributed by atoms with van der Waals surface area (Å²) in [6.07, 6.45) is 4.79. The van der Waals surface area contributed by atoms with Crippen LogP contribution in [0.3, 0.4) is 0 Å². The normalized spacial score (nSPS) is 15.8. The maximum absolute atomic E-state index is 12.5. The van der Waals surface area contributed by atoms with Crippen LogP contribution in [0, 0.1) is 5.92 Å². The third-order valence-corrected chi connectivity index (χ3v) is 4.45. The number of pyridine rings is 1. The molecule has 0 atom stereocenters. The predicted octanol–water partition coefficient (Wildman–Crippen LogP) is 3.83. The number of rotatable bonds is 3. The first-order chi connectivity index (χ1) is 10.7. The van der Waals surface area contributed by atoms with E-state index in [9.17, 15) is 4.79 Å². The maximum Gasteiger partial charge on any atom is 0.254 e. The van der Waals surface area contributed by atoms with E-state index in [0.717, 1.165) is 32.4 Å². The van der Waals surface area contributed by atoms with Gasteiger partial charge in [0.2, 0.25) is 0 Å². The average Bonchev–Trinajstić information content (AvgIpc) is 2.56. The van der Waals surface area contributed by atoms with Crippen LogP contribution in [0.25, 0.3) is 0 Å². The molecular formula is C18H19ClN2O. The highest BCUT2D eigenvalue weighted by Gasteiger charge is 2.23. The molecule has 0 radical (unpaired) electrons. The largest absolute Gasteiger partial charge is 0.339 e. The molecule has 22 heavy (non-hydrogen) atoms. The molecule has 1 aromatic heterocycles. The van der Waals surface area contributed by atoms with Gasteiger partial charge in [0.25, 0.3) is 5.91 Å². The van der Waals surface area contributed by atoms with Gasteiger partial charge >= 0.3 is 0 Å². The molecule has 2 aromatic rings. The van der Waals surface area contributed by atoms with Crippen molar-refractivity contribution < 1.29 is 4.79 Å². The first-order valence-electron chi connectivity index (χ1n) is 7.67. The van der Waals surface area contributed by atoms with Gasteiger partial charge < -0.3 is 4.90 Å². The van der Waals surface area contributed by atoms with Gasteiger partial charge in [0.1, 0.15) is 5.15 Å². The van der Waals surface area contributed by atoms with Crippen molar-refractivity contribution in [1.29, 1.82) is 0 Å². The molecule has 2 heterocycles. The Balaban J connectivity index is 1.56. The monoisotopic (exact) mass is 314 g/mol. The molecule has 1 aromatic carbocycles. The Labute approximate surface area is 135 Å². The second-order valence-electron chi connectivity index (χ2n) is 5.79. The number of amides is 1. The van der Waals surface area contributed by atoms with E-state index in [0.29, 0.717) is 16.6 Å². The molecule has 0 bridgehead atoms. The van der Waals surface area contributed by atoms with Crippen LogP contribution in [-0.2, 0) is 6.42 Å². The van der Waals surface area contributed by atoms with Crippen LogP contribution >= 0.6 is 11.6 Å². The SMILES string of the molecule is O=C(c1ccnc(Cl)c1)N1CCC(Cc2ccccc2)CC1. The maximum atomic E-state index is 12.5. The van der Waals surface area contributed by atoms with Gasteiger partial charge in [-0.15, -0.1) is 0 Å². The third-order valence-electron chi connectivity index (χ3n) is 4.24. The van der Waals surface area contributed by atoms with Crippen LogP contribution in [0.2, 0.25) is 5.15 Å². The van der Waals surface area contributed by atoms with Crippen LogP contribution in [0.15, 0.2) is 48.7 Å². The fraction of sp³-hybridized carbons (Fsp3) is 0.333. The van der Waals surface area contributed by atoms with Gasteiger partial charge in [-0.25, -0.2) is 4.98 Å². The molecule has 0 saturated carbocycles. The number of nitrogens with zero attached hydrogens (tertiary/aromatic N) is 2. The Morgan fingerprint density at radius 1 is 1.18 bits per heavy atom. The van der Waals surface area contributed by atoms with Crippen molar-refractivity contribution in [3.05, 3.63) is 64.9 Å². The standard InChI is InChI=1S/C18H19ClN2O/c19-17-13-16(6-9-20-17)18(22)21-10-7-15(8-11-21)12-14-4-2-1-3-5-14/h1-6,9,13,15H,7-8,10-12H2. The lowest BCUT2D eigenvalue weighted by molar-refractivity contribution is 0.0690. The van der Waals surface area contributed by atoms with E-state index in [2.05, 4.69) is 29.2 Å². The molecule has 0 spiro atoms. The van der Waals surface area contributed by atoms with Gasteiger partial charge in [0, 0.05) is 24.8 Å². The fourth-order valence-electron chi connectivity index (χ4n) is 3.01. The van der Waals surface area contributed by atoms with Crippen molar-refractivity contribution in [3.63, 3.8) is 0 Å². The van der Waals surface area contributed by atoms with Gasteiger partial charge in [-0.1, -0.05) is 41.9 Å². The molecule has 114 valence electrons. The van der Waals surface area contributed by atoms with Crippen LogP contribution in [0.1, 0.15) is 28.8 Å². The second kappa shape index (κ2) is 6.93. The summed E-state index contributed by atoms with van der Waals surface area (Å²) >= 11 is 5.86. The molecule has 0 N–H and O–H groups in total. The summed E-state index contributed by atoms with van der Waals surface area (Å²) in [6.45, 7) is 1.63. The van der Waals surface area contributed by atoms with E-state index in [-0.39, 0.29) is 5.91 Å². The lowest BCUT2D eigenvalue weighted by atomic mass is 9.90. The zero-order valence-electron chi connectivity index (χ0n) is 12.4. The Morgan fingerprint density at radius 3 is 2.59 bits per heavy atom. The van der Waals surface area contributed by atoms with Crippen molar-refractivity contribution in [2.24, 2.45) is 5.92 Å². The first kappa shape index (κ1) is 15.0. The smallest absolute Gasteiger partial charge is 0.254 e. The topological polar surface area (TPSA) is 33.2 Å². The van der Waals surface area contributed by atoms with Gasteiger partial charge in [-0.05, 0) is 42.9 Å². The highest BCUT2D eigenvalue weighted by atomic mass is 35.5. The summed E-state index contributed by atoms with van der Waals surface area (Å²) in [5.74, 6) is 0.718. The first-order valence-corrected chi connectivity index (χ1v) is 8.05. The molecule has 4 heteroatoms. The average molecular weight is 315 g/mol. The lowest BCUT2D eigenvalue weighted by Gasteiger charge is -2.32. The second-order valence-corrected chi connectivity index (χ2v) is 6.18. The number of carbonyl (C=O) groups is 1. The molecule has 0 aliphatic carbocycles. The minimum atomic E-state index is 0.0578. The van der Waals surface area contributed by atoms with Crippen LogP contribution in [0.5, 0.6) is 0 Å². The lowest BCUT2D eigenvalue weighted by Crippen LogP contribution is -2.38. The summed E-state index contributed by atoms with van der Waals surface area (Å²) in [5, 5.41) is 0.366. The highest BCUT2D eigenvalue weighted by molar-refractivity contribution is 6.29. The van der Waals surface area contributed by atoms with Gasteiger partial charge in [0.05, 0.1) is 0 Å². The van der Waals surface area contributed by atoms with Crippen molar-refractivity contribution in [3.8, 4) is 0 Å². The quantitative estimate of drug-likeness (QED) is 0.807. The Bertz CT molecular complexity index is 637. The van der Waals surface area contributed by atoms with Crippen LogP contribution in [-0.4, -0.2) is 28.9 Å². The van der Waals surface area contributed by atoms with Crippen LogP contribution in [0.4, 0.5) is 0 Å². The van der Waals surface area contributed by atoms with E-state index in [1.165, 1.54) is 5.56 Å². The number of hydrogen-bond donors (Lipinski definition) is 0. The molecule has 3 rings (SSSR count). The summed E-state index contributed by atoms with van der Waals surface area (Å²) in [6, 6.07) is 13.9.